The third kappa shape index (κ3) is 4.74. The number of alkyl halides is 2. The van der Waals surface area contributed by atoms with E-state index in [1.807, 2.05) is 24.3 Å². The number of nitrogens with two attached hydrogens (primary N) is 1. The Morgan fingerprint density at radius 1 is 1.40 bits per heavy atom. The maximum absolute atomic E-state index is 12.5. The van der Waals surface area contributed by atoms with Crippen LogP contribution in [0.4, 0.5) is 14.5 Å². The molecule has 3 N–H and O–H groups in total. The van der Waals surface area contributed by atoms with Crippen LogP contribution in [0, 0.1) is 0 Å². The smallest absolute Gasteiger partial charge is 0.247 e. The second-order valence-electron chi connectivity index (χ2n) is 3.65. The van der Waals surface area contributed by atoms with Gasteiger partial charge in [-0.15, -0.1) is 0 Å². The van der Waals surface area contributed by atoms with Gasteiger partial charge in [0.25, 0.3) is 0 Å². The van der Waals surface area contributed by atoms with E-state index in [-0.39, 0.29) is 13.0 Å². The first kappa shape index (κ1) is 11.9. The van der Waals surface area contributed by atoms with Crippen molar-refractivity contribution in [3.8, 4) is 0 Å². The van der Waals surface area contributed by atoms with Gasteiger partial charge in [0, 0.05) is 25.2 Å². The van der Waals surface area contributed by atoms with Gasteiger partial charge in [0.05, 0.1) is 0 Å². The first-order valence-corrected chi connectivity index (χ1v) is 4.92. The fourth-order valence-corrected chi connectivity index (χ4v) is 1.23. The van der Waals surface area contributed by atoms with E-state index in [4.69, 9.17) is 5.73 Å². The molecular formula is C11H16F2N2. The molecule has 2 nitrogen and oxygen atoms in total. The minimum Gasteiger partial charge on any atom is -0.385 e. The molecule has 0 fully saturated rings. The van der Waals surface area contributed by atoms with E-state index in [0.29, 0.717) is 6.54 Å². The average Bonchev–Trinajstić information content (AvgIpc) is 2.16. The minimum absolute atomic E-state index is 0.167. The molecule has 0 bridgehead atoms. The van der Waals surface area contributed by atoms with Crippen LogP contribution in [0.3, 0.4) is 0 Å². The summed E-state index contributed by atoms with van der Waals surface area (Å²) in [6, 6.07) is 7.47. The lowest BCUT2D eigenvalue weighted by molar-refractivity contribution is 0.0167. The van der Waals surface area contributed by atoms with E-state index in [2.05, 4.69) is 5.32 Å². The maximum Gasteiger partial charge on any atom is 0.247 e. The average molecular weight is 214 g/mol. The monoisotopic (exact) mass is 214 g/mol. The van der Waals surface area contributed by atoms with E-state index < -0.39 is 5.92 Å². The molecule has 0 aliphatic carbocycles. The van der Waals surface area contributed by atoms with Crippen molar-refractivity contribution in [2.45, 2.75) is 25.8 Å². The summed E-state index contributed by atoms with van der Waals surface area (Å²) >= 11 is 0. The molecule has 84 valence electrons. The van der Waals surface area contributed by atoms with Crippen molar-refractivity contribution in [2.75, 3.05) is 11.9 Å². The van der Waals surface area contributed by atoms with Gasteiger partial charge < -0.3 is 11.1 Å². The normalized spacial score (nSPS) is 11.5. The summed E-state index contributed by atoms with van der Waals surface area (Å²) in [4.78, 5) is 0. The minimum atomic E-state index is -2.61. The zero-order chi connectivity index (χ0) is 11.3. The summed E-state index contributed by atoms with van der Waals surface area (Å²) in [6.07, 6.45) is -0.167. The van der Waals surface area contributed by atoms with Gasteiger partial charge >= 0.3 is 0 Å². The van der Waals surface area contributed by atoms with Crippen molar-refractivity contribution in [2.24, 2.45) is 5.73 Å². The van der Waals surface area contributed by atoms with Crippen LogP contribution in [-0.2, 0) is 6.54 Å². The Bertz CT molecular complexity index is 308. The lowest BCUT2D eigenvalue weighted by atomic mass is 10.2. The highest BCUT2D eigenvalue weighted by Gasteiger charge is 2.19. The number of hydrogen-bond acceptors (Lipinski definition) is 2. The fourth-order valence-electron chi connectivity index (χ4n) is 1.23. The van der Waals surface area contributed by atoms with Gasteiger partial charge in [0.15, 0.2) is 0 Å². The van der Waals surface area contributed by atoms with Gasteiger partial charge in [-0.1, -0.05) is 12.1 Å². The first-order valence-electron chi connectivity index (χ1n) is 4.92. The van der Waals surface area contributed by atoms with Crippen LogP contribution < -0.4 is 11.1 Å². The van der Waals surface area contributed by atoms with E-state index in [1.165, 1.54) is 0 Å². The SMILES string of the molecule is CC(F)(F)CCNc1cccc(CN)c1. The molecule has 0 spiro atoms. The number of halogens is 2. The molecule has 0 heterocycles. The Hall–Kier alpha value is -1.16. The van der Waals surface area contributed by atoms with E-state index in [9.17, 15) is 8.78 Å². The summed E-state index contributed by atoms with van der Waals surface area (Å²) in [5.41, 5.74) is 7.29. The van der Waals surface area contributed by atoms with Crippen LogP contribution in [0.1, 0.15) is 18.9 Å². The fraction of sp³-hybridized carbons (Fsp3) is 0.455. The highest BCUT2D eigenvalue weighted by Crippen LogP contribution is 2.17. The highest BCUT2D eigenvalue weighted by molar-refractivity contribution is 5.45. The molecule has 0 radical (unpaired) electrons. The molecule has 0 aliphatic heterocycles. The molecule has 1 aromatic rings. The van der Waals surface area contributed by atoms with Crippen LogP contribution in [0.5, 0.6) is 0 Å². The Labute approximate surface area is 88.5 Å². The molecule has 4 heteroatoms. The van der Waals surface area contributed by atoms with Crippen LogP contribution in [0.2, 0.25) is 0 Å². The van der Waals surface area contributed by atoms with Gasteiger partial charge in [-0.05, 0) is 24.6 Å². The number of nitrogens with one attached hydrogen (secondary N) is 1. The molecule has 1 aromatic carbocycles. The van der Waals surface area contributed by atoms with Crippen molar-refractivity contribution in [1.29, 1.82) is 0 Å². The molecule has 0 amide bonds. The quantitative estimate of drug-likeness (QED) is 0.790. The second kappa shape index (κ2) is 5.07. The summed E-state index contributed by atoms with van der Waals surface area (Å²) in [5, 5.41) is 2.94. The Morgan fingerprint density at radius 3 is 2.73 bits per heavy atom. The van der Waals surface area contributed by atoms with Crippen molar-refractivity contribution < 1.29 is 8.78 Å². The molecule has 0 aliphatic rings. The van der Waals surface area contributed by atoms with E-state index >= 15 is 0 Å². The third-order valence-corrected chi connectivity index (χ3v) is 2.06. The predicted octanol–water partition coefficient (Wildman–Crippen LogP) is 2.60. The Morgan fingerprint density at radius 2 is 2.13 bits per heavy atom. The molecule has 0 aromatic heterocycles. The molecule has 0 saturated carbocycles. The van der Waals surface area contributed by atoms with E-state index in [0.717, 1.165) is 18.2 Å². The van der Waals surface area contributed by atoms with Crippen LogP contribution in [0.25, 0.3) is 0 Å². The van der Waals surface area contributed by atoms with Crippen LogP contribution in [0.15, 0.2) is 24.3 Å². The predicted molar refractivity (Wildman–Crippen MR) is 58.1 cm³/mol. The summed E-state index contributed by atoms with van der Waals surface area (Å²) in [5.74, 6) is -2.61. The van der Waals surface area contributed by atoms with Crippen molar-refractivity contribution in [3.05, 3.63) is 29.8 Å². The third-order valence-electron chi connectivity index (χ3n) is 2.06. The van der Waals surface area contributed by atoms with Crippen molar-refractivity contribution >= 4 is 5.69 Å². The van der Waals surface area contributed by atoms with Crippen LogP contribution >= 0.6 is 0 Å². The van der Waals surface area contributed by atoms with Gasteiger partial charge in [-0.3, -0.25) is 0 Å². The van der Waals surface area contributed by atoms with Gasteiger partial charge in [0.1, 0.15) is 0 Å². The molecule has 0 atom stereocenters. The lowest BCUT2D eigenvalue weighted by Gasteiger charge is -2.11. The van der Waals surface area contributed by atoms with E-state index in [1.54, 1.807) is 0 Å². The Kier molecular flexibility index (Phi) is 4.03. The zero-order valence-corrected chi connectivity index (χ0v) is 8.76. The maximum atomic E-state index is 12.5. The van der Waals surface area contributed by atoms with Gasteiger partial charge in [-0.25, -0.2) is 8.78 Å². The number of hydrogen-bond donors (Lipinski definition) is 2. The van der Waals surface area contributed by atoms with Crippen LogP contribution in [-0.4, -0.2) is 12.5 Å². The number of benzene rings is 1. The largest absolute Gasteiger partial charge is 0.385 e. The first-order chi connectivity index (χ1) is 7.01. The zero-order valence-electron chi connectivity index (χ0n) is 8.76. The molecular weight excluding hydrogens is 198 g/mol. The summed E-state index contributed by atoms with van der Waals surface area (Å²) in [6.45, 7) is 1.64. The Balaban J connectivity index is 2.44. The van der Waals surface area contributed by atoms with Gasteiger partial charge in [-0.2, -0.15) is 0 Å². The summed E-state index contributed by atoms with van der Waals surface area (Å²) in [7, 11) is 0. The second-order valence-corrected chi connectivity index (χ2v) is 3.65. The molecule has 0 saturated heterocycles. The molecule has 1 rings (SSSR count). The van der Waals surface area contributed by atoms with Crippen molar-refractivity contribution in [1.82, 2.24) is 0 Å². The topological polar surface area (TPSA) is 38.0 Å². The van der Waals surface area contributed by atoms with Crippen molar-refractivity contribution in [3.63, 3.8) is 0 Å². The highest BCUT2D eigenvalue weighted by atomic mass is 19.3. The standard InChI is InChI=1S/C11H16F2N2/c1-11(12,13)5-6-15-10-4-2-3-9(7-10)8-14/h2-4,7,15H,5-6,8,14H2,1H3. The lowest BCUT2D eigenvalue weighted by Crippen LogP contribution is -2.16. The molecule has 0 unspecified atom stereocenters. The number of anilines is 1. The molecule has 15 heavy (non-hydrogen) atoms. The number of rotatable bonds is 5. The van der Waals surface area contributed by atoms with Gasteiger partial charge in [0.2, 0.25) is 5.92 Å². The summed E-state index contributed by atoms with van der Waals surface area (Å²) < 4.78 is 25.0.